The average molecular weight is 423 g/mol. The fraction of sp³-hybridized carbons (Fsp3) is 0.143. The maximum absolute atomic E-state index is 12.5. The summed E-state index contributed by atoms with van der Waals surface area (Å²) in [6.07, 6.45) is 1.38. The summed E-state index contributed by atoms with van der Waals surface area (Å²) < 4.78 is 21.8. The number of carbonyl (C=O) groups excluding carboxylic acids is 2. The van der Waals surface area contributed by atoms with Crippen LogP contribution in [0.2, 0.25) is 0 Å². The Morgan fingerprint density at radius 1 is 1.19 bits per heavy atom. The number of ether oxygens (including phenoxy) is 2. The smallest absolute Gasteiger partial charge is 0.338 e. The topological polar surface area (TPSA) is 125 Å². The van der Waals surface area contributed by atoms with Crippen molar-refractivity contribution in [1.29, 1.82) is 0 Å². The lowest BCUT2D eigenvalue weighted by Gasteiger charge is -2.11. The van der Waals surface area contributed by atoms with Crippen LogP contribution < -0.4 is 15.6 Å². The van der Waals surface area contributed by atoms with E-state index in [4.69, 9.17) is 18.4 Å². The zero-order valence-electron chi connectivity index (χ0n) is 16.6. The predicted molar refractivity (Wildman–Crippen MR) is 107 cm³/mol. The molecule has 0 radical (unpaired) electrons. The number of aromatic nitrogens is 2. The molecule has 1 amide bonds. The Labute approximate surface area is 175 Å². The maximum atomic E-state index is 12.5. The number of fused-ring (bicyclic) bond motifs is 1. The number of nitrogens with one attached hydrogen (secondary N) is 1. The summed E-state index contributed by atoms with van der Waals surface area (Å²) in [5.74, 6) is -0.172. The number of rotatable bonds is 6. The number of amides is 1. The van der Waals surface area contributed by atoms with Gasteiger partial charge in [-0.05, 0) is 37.3 Å². The second-order valence-corrected chi connectivity index (χ2v) is 6.51. The molecule has 1 aromatic carbocycles. The first-order valence-corrected chi connectivity index (χ1v) is 9.14. The highest BCUT2D eigenvalue weighted by molar-refractivity contribution is 6.04. The second-order valence-electron chi connectivity index (χ2n) is 6.51. The molecule has 4 aromatic rings. The zero-order chi connectivity index (χ0) is 22.0. The van der Waals surface area contributed by atoms with Crippen LogP contribution >= 0.6 is 0 Å². The third-order valence-corrected chi connectivity index (χ3v) is 4.30. The van der Waals surface area contributed by atoms with Crippen molar-refractivity contribution in [2.75, 3.05) is 12.4 Å². The second kappa shape index (κ2) is 8.19. The molecule has 10 heteroatoms. The van der Waals surface area contributed by atoms with E-state index >= 15 is 0 Å². The minimum atomic E-state index is -0.665. The average Bonchev–Trinajstić information content (AvgIpc) is 3.41. The van der Waals surface area contributed by atoms with E-state index in [0.29, 0.717) is 17.2 Å². The third kappa shape index (κ3) is 4.17. The van der Waals surface area contributed by atoms with E-state index in [2.05, 4.69) is 10.3 Å². The van der Waals surface area contributed by atoms with Crippen molar-refractivity contribution in [3.8, 4) is 5.75 Å². The molecule has 0 aliphatic carbocycles. The lowest BCUT2D eigenvalue weighted by molar-refractivity contribution is 0.0467. The first-order chi connectivity index (χ1) is 14.9. The van der Waals surface area contributed by atoms with Gasteiger partial charge in [0.25, 0.3) is 11.5 Å². The summed E-state index contributed by atoms with van der Waals surface area (Å²) in [6, 6.07) is 10.4. The number of hydrogen-bond donors (Lipinski definition) is 1. The summed E-state index contributed by atoms with van der Waals surface area (Å²) >= 11 is 0. The summed E-state index contributed by atoms with van der Waals surface area (Å²) in [6.45, 7) is 1.48. The van der Waals surface area contributed by atoms with Crippen LogP contribution in [0.4, 0.5) is 5.69 Å². The Hall–Kier alpha value is -4.34. The van der Waals surface area contributed by atoms with Crippen LogP contribution in [0.15, 0.2) is 62.5 Å². The molecule has 4 rings (SSSR count). The van der Waals surface area contributed by atoms with Gasteiger partial charge in [0.2, 0.25) is 0 Å². The van der Waals surface area contributed by atoms with Gasteiger partial charge in [-0.25, -0.2) is 9.78 Å². The zero-order valence-corrected chi connectivity index (χ0v) is 16.6. The van der Waals surface area contributed by atoms with Crippen molar-refractivity contribution in [3.05, 3.63) is 81.9 Å². The highest BCUT2D eigenvalue weighted by atomic mass is 16.5. The van der Waals surface area contributed by atoms with E-state index in [1.165, 1.54) is 43.7 Å². The molecular weight excluding hydrogens is 406 g/mol. The number of carbonyl (C=O) groups is 2. The van der Waals surface area contributed by atoms with Gasteiger partial charge in [0, 0.05) is 12.1 Å². The minimum absolute atomic E-state index is 0.109. The molecule has 10 nitrogen and oxygen atoms in total. The summed E-state index contributed by atoms with van der Waals surface area (Å²) in [4.78, 5) is 41.1. The number of hydrogen-bond acceptors (Lipinski definition) is 8. The number of methoxy groups -OCH3 is 1. The van der Waals surface area contributed by atoms with Crippen LogP contribution in [0, 0.1) is 6.92 Å². The molecular formula is C21H17N3O7. The Balaban J connectivity index is 1.50. The molecule has 0 aliphatic rings. The van der Waals surface area contributed by atoms with E-state index in [9.17, 15) is 14.4 Å². The Kier molecular flexibility index (Phi) is 5.27. The van der Waals surface area contributed by atoms with Crippen LogP contribution in [0.25, 0.3) is 5.65 Å². The number of benzene rings is 1. The largest absolute Gasteiger partial charge is 0.495 e. The maximum Gasteiger partial charge on any atom is 0.338 e. The first kappa shape index (κ1) is 20.0. The summed E-state index contributed by atoms with van der Waals surface area (Å²) in [7, 11) is 1.44. The molecule has 0 saturated carbocycles. The lowest BCUT2D eigenvalue weighted by atomic mass is 10.2. The summed E-state index contributed by atoms with van der Waals surface area (Å²) in [5, 5.41) is 2.63. The Morgan fingerprint density at radius 3 is 2.77 bits per heavy atom. The monoisotopic (exact) mass is 423 g/mol. The van der Waals surface area contributed by atoms with Crippen molar-refractivity contribution < 1.29 is 28.0 Å². The Bertz CT molecular complexity index is 1320. The fourth-order valence-corrected chi connectivity index (χ4v) is 2.89. The van der Waals surface area contributed by atoms with Crippen molar-refractivity contribution in [3.63, 3.8) is 0 Å². The number of anilines is 1. The van der Waals surface area contributed by atoms with Crippen LogP contribution in [0.5, 0.6) is 5.75 Å². The van der Waals surface area contributed by atoms with E-state index in [1.54, 1.807) is 19.1 Å². The highest BCUT2D eigenvalue weighted by Crippen LogP contribution is 2.26. The van der Waals surface area contributed by atoms with Gasteiger partial charge in [0.05, 0.1) is 30.3 Å². The molecule has 31 heavy (non-hydrogen) atoms. The van der Waals surface area contributed by atoms with Gasteiger partial charge in [-0.2, -0.15) is 0 Å². The van der Waals surface area contributed by atoms with E-state index in [1.807, 2.05) is 0 Å². The molecule has 0 aliphatic heterocycles. The molecule has 0 saturated heterocycles. The lowest BCUT2D eigenvalue weighted by Crippen LogP contribution is -2.15. The predicted octanol–water partition coefficient (Wildman–Crippen LogP) is 2.81. The van der Waals surface area contributed by atoms with Gasteiger partial charge in [-0.3, -0.25) is 9.59 Å². The molecule has 0 fully saturated rings. The number of esters is 1. The standard InChI is InChI=1S/C21H17N3O7/c1-12-8-18-22-14(10-19(25)24(18)31-12)11-30-21(27)13-5-6-16(28-2)15(9-13)23-20(26)17-4-3-7-29-17/h3-10H,11H2,1-2H3,(H,23,26). The van der Waals surface area contributed by atoms with Crippen LogP contribution in [0.3, 0.4) is 0 Å². The van der Waals surface area contributed by atoms with E-state index in [0.717, 1.165) is 4.57 Å². The Morgan fingerprint density at radius 2 is 2.03 bits per heavy atom. The van der Waals surface area contributed by atoms with Gasteiger partial charge >= 0.3 is 5.97 Å². The van der Waals surface area contributed by atoms with Crippen LogP contribution in [-0.2, 0) is 11.3 Å². The third-order valence-electron chi connectivity index (χ3n) is 4.30. The van der Waals surface area contributed by atoms with Gasteiger partial charge < -0.3 is 23.7 Å². The molecule has 3 aromatic heterocycles. The van der Waals surface area contributed by atoms with Crippen molar-refractivity contribution in [2.24, 2.45) is 0 Å². The van der Waals surface area contributed by atoms with E-state index < -0.39 is 17.4 Å². The fourth-order valence-electron chi connectivity index (χ4n) is 2.89. The quantitative estimate of drug-likeness (QED) is 0.469. The van der Waals surface area contributed by atoms with Gasteiger partial charge in [-0.1, -0.05) is 0 Å². The molecule has 158 valence electrons. The number of furan rings is 1. The van der Waals surface area contributed by atoms with Crippen molar-refractivity contribution in [2.45, 2.75) is 13.5 Å². The van der Waals surface area contributed by atoms with E-state index in [-0.39, 0.29) is 29.3 Å². The molecule has 0 spiro atoms. The number of aryl methyl sites for hydroxylation is 1. The molecule has 0 unspecified atom stereocenters. The normalized spacial score (nSPS) is 10.8. The van der Waals surface area contributed by atoms with Crippen LogP contribution in [-0.4, -0.2) is 28.5 Å². The van der Waals surface area contributed by atoms with Gasteiger partial charge in [0.15, 0.2) is 11.4 Å². The van der Waals surface area contributed by atoms with Gasteiger partial charge in [-0.15, -0.1) is 4.57 Å². The molecule has 0 bridgehead atoms. The SMILES string of the molecule is COc1ccc(C(=O)OCc2cc(=O)n3oc(C)cc3n2)cc1NC(=O)c1ccco1. The molecule has 1 N–H and O–H groups in total. The molecule has 0 atom stereocenters. The van der Waals surface area contributed by atoms with Gasteiger partial charge in [0.1, 0.15) is 18.1 Å². The van der Waals surface area contributed by atoms with Crippen molar-refractivity contribution >= 4 is 23.2 Å². The summed E-state index contributed by atoms with van der Waals surface area (Å²) in [5.41, 5.74) is 0.622. The minimum Gasteiger partial charge on any atom is -0.495 e. The van der Waals surface area contributed by atoms with Crippen LogP contribution in [0.1, 0.15) is 32.4 Å². The highest BCUT2D eigenvalue weighted by Gasteiger charge is 2.16. The molecule has 3 heterocycles. The van der Waals surface area contributed by atoms with Crippen molar-refractivity contribution in [1.82, 2.24) is 9.56 Å². The first-order valence-electron chi connectivity index (χ1n) is 9.14. The number of nitrogens with zero attached hydrogens (tertiary/aromatic N) is 2.